The topological polar surface area (TPSA) is 53.1 Å². The van der Waals surface area contributed by atoms with Gasteiger partial charge in [0, 0.05) is 31.9 Å². The van der Waals surface area contributed by atoms with Crippen LogP contribution in [-0.4, -0.2) is 56.0 Å². The number of hydrogen-bond donors (Lipinski definition) is 0. The normalized spacial score (nSPS) is 16.9. The number of halogens is 3. The summed E-state index contributed by atoms with van der Waals surface area (Å²) in [6.45, 7) is 1.36. The first-order valence-corrected chi connectivity index (χ1v) is 9.55. The summed E-state index contributed by atoms with van der Waals surface area (Å²) in [7, 11) is 0. The first-order valence-electron chi connectivity index (χ1n) is 9.55. The third-order valence-corrected chi connectivity index (χ3v) is 5.27. The molecule has 158 valence electrons. The van der Waals surface area contributed by atoms with Crippen molar-refractivity contribution in [2.24, 2.45) is 0 Å². The van der Waals surface area contributed by atoms with Crippen LogP contribution in [0.4, 0.5) is 24.5 Å². The van der Waals surface area contributed by atoms with Gasteiger partial charge >= 0.3 is 6.18 Å². The Labute approximate surface area is 171 Å². The number of benzene rings is 2. The van der Waals surface area contributed by atoms with Crippen LogP contribution in [0.1, 0.15) is 5.56 Å². The van der Waals surface area contributed by atoms with Crippen molar-refractivity contribution >= 4 is 23.2 Å². The van der Waals surface area contributed by atoms with Crippen LogP contribution >= 0.6 is 0 Å². The zero-order valence-electron chi connectivity index (χ0n) is 16.1. The molecule has 0 unspecified atom stereocenters. The van der Waals surface area contributed by atoms with Crippen molar-refractivity contribution in [3.63, 3.8) is 0 Å². The van der Waals surface area contributed by atoms with Crippen molar-refractivity contribution in [2.45, 2.75) is 6.18 Å². The van der Waals surface area contributed by atoms with E-state index in [0.29, 0.717) is 43.3 Å². The van der Waals surface area contributed by atoms with Gasteiger partial charge in [0.1, 0.15) is 12.3 Å². The number of ether oxygens (including phenoxy) is 1. The van der Waals surface area contributed by atoms with E-state index in [9.17, 15) is 22.8 Å². The monoisotopic (exact) mass is 419 g/mol. The van der Waals surface area contributed by atoms with Crippen LogP contribution in [0.3, 0.4) is 0 Å². The molecule has 2 aromatic carbocycles. The van der Waals surface area contributed by atoms with Crippen LogP contribution in [0.25, 0.3) is 0 Å². The predicted octanol–water partition coefficient (Wildman–Crippen LogP) is 2.78. The lowest BCUT2D eigenvalue weighted by Crippen LogP contribution is -2.53. The minimum Gasteiger partial charge on any atom is -0.482 e. The van der Waals surface area contributed by atoms with Crippen molar-refractivity contribution in [3.8, 4) is 5.75 Å². The molecule has 1 fully saturated rings. The van der Waals surface area contributed by atoms with E-state index in [-0.39, 0.29) is 25.0 Å². The average Bonchev–Trinajstić information content (AvgIpc) is 2.75. The Morgan fingerprint density at radius 2 is 1.73 bits per heavy atom. The molecule has 4 rings (SSSR count). The maximum atomic E-state index is 13.0. The fraction of sp³-hybridized carbons (Fsp3) is 0.333. The molecule has 2 aromatic rings. The third-order valence-electron chi connectivity index (χ3n) is 5.27. The van der Waals surface area contributed by atoms with Crippen LogP contribution in [0.5, 0.6) is 5.75 Å². The molecule has 2 aliphatic rings. The Hall–Kier alpha value is -3.23. The number of fused-ring (bicyclic) bond motifs is 1. The number of piperazine rings is 1. The number of alkyl halides is 3. The second kappa shape index (κ2) is 7.89. The molecule has 0 aromatic heterocycles. The summed E-state index contributed by atoms with van der Waals surface area (Å²) < 4.78 is 44.2. The van der Waals surface area contributed by atoms with Gasteiger partial charge in [-0.1, -0.05) is 18.2 Å². The number of hydrogen-bond acceptors (Lipinski definition) is 4. The van der Waals surface area contributed by atoms with Crippen molar-refractivity contribution < 1.29 is 27.5 Å². The molecule has 1 saturated heterocycles. The van der Waals surface area contributed by atoms with Crippen LogP contribution in [0.15, 0.2) is 48.5 Å². The first kappa shape index (κ1) is 20.1. The second-order valence-electron chi connectivity index (χ2n) is 7.15. The fourth-order valence-electron chi connectivity index (χ4n) is 3.66. The van der Waals surface area contributed by atoms with E-state index < -0.39 is 11.7 Å². The van der Waals surface area contributed by atoms with Crippen molar-refractivity contribution in [1.82, 2.24) is 4.90 Å². The van der Waals surface area contributed by atoms with Crippen molar-refractivity contribution in [2.75, 3.05) is 49.1 Å². The maximum absolute atomic E-state index is 13.0. The number of rotatable bonds is 3. The van der Waals surface area contributed by atoms with E-state index in [1.165, 1.54) is 11.0 Å². The SMILES string of the molecule is O=C(CN1C(=O)COc2ccccc21)N1CCN(c2cccc(C(F)(F)F)c2)CC1. The summed E-state index contributed by atoms with van der Waals surface area (Å²) in [6, 6.07) is 12.2. The van der Waals surface area contributed by atoms with Gasteiger partial charge in [-0.2, -0.15) is 13.2 Å². The molecule has 0 aliphatic carbocycles. The summed E-state index contributed by atoms with van der Waals surface area (Å²) in [4.78, 5) is 29.9. The van der Waals surface area contributed by atoms with E-state index in [0.717, 1.165) is 12.1 Å². The van der Waals surface area contributed by atoms with Gasteiger partial charge in [0.2, 0.25) is 5.91 Å². The second-order valence-corrected chi connectivity index (χ2v) is 7.15. The largest absolute Gasteiger partial charge is 0.482 e. The summed E-state index contributed by atoms with van der Waals surface area (Å²) in [5.74, 6) is 0.0627. The molecular formula is C21H20F3N3O3. The van der Waals surface area contributed by atoms with Crippen molar-refractivity contribution in [3.05, 3.63) is 54.1 Å². The third kappa shape index (κ3) is 4.05. The van der Waals surface area contributed by atoms with E-state index in [2.05, 4.69) is 0 Å². The minimum absolute atomic E-state index is 0.0945. The lowest BCUT2D eigenvalue weighted by atomic mass is 10.1. The summed E-state index contributed by atoms with van der Waals surface area (Å²) in [5.41, 5.74) is 0.349. The molecule has 0 atom stereocenters. The smallest absolute Gasteiger partial charge is 0.416 e. The summed E-state index contributed by atoms with van der Waals surface area (Å²) in [5, 5.41) is 0. The van der Waals surface area contributed by atoms with E-state index in [1.807, 2.05) is 4.90 Å². The van der Waals surface area contributed by atoms with E-state index in [4.69, 9.17) is 4.74 Å². The van der Waals surface area contributed by atoms with Gasteiger partial charge in [-0.25, -0.2) is 0 Å². The zero-order chi connectivity index (χ0) is 21.3. The highest BCUT2D eigenvalue weighted by atomic mass is 19.4. The van der Waals surface area contributed by atoms with E-state index >= 15 is 0 Å². The highest BCUT2D eigenvalue weighted by Crippen LogP contribution is 2.33. The number of carbonyl (C=O) groups excluding carboxylic acids is 2. The highest BCUT2D eigenvalue weighted by molar-refractivity contribution is 6.02. The average molecular weight is 419 g/mol. The van der Waals surface area contributed by atoms with Gasteiger partial charge in [0.15, 0.2) is 6.61 Å². The van der Waals surface area contributed by atoms with Gasteiger partial charge in [0.05, 0.1) is 11.3 Å². The molecule has 2 heterocycles. The Bertz CT molecular complexity index is 956. The standard InChI is InChI=1S/C21H20F3N3O3/c22-21(23,24)15-4-3-5-16(12-15)25-8-10-26(11-9-25)19(28)13-27-17-6-1-2-7-18(17)30-14-20(27)29/h1-7,12H,8-11,13-14H2. The van der Waals surface area contributed by atoms with Crippen LogP contribution < -0.4 is 14.5 Å². The Kier molecular flexibility index (Phi) is 5.27. The summed E-state index contributed by atoms with van der Waals surface area (Å²) >= 11 is 0. The van der Waals surface area contributed by atoms with Gasteiger partial charge in [-0.15, -0.1) is 0 Å². The minimum atomic E-state index is -4.39. The molecule has 2 amide bonds. The van der Waals surface area contributed by atoms with Gasteiger partial charge in [0.25, 0.3) is 5.91 Å². The number of amides is 2. The predicted molar refractivity (Wildman–Crippen MR) is 105 cm³/mol. The number of para-hydroxylation sites is 2. The number of anilines is 2. The molecule has 30 heavy (non-hydrogen) atoms. The Morgan fingerprint density at radius 3 is 2.47 bits per heavy atom. The van der Waals surface area contributed by atoms with Gasteiger partial charge < -0.3 is 14.5 Å². The molecule has 0 N–H and O–H groups in total. The highest BCUT2D eigenvalue weighted by Gasteiger charge is 2.32. The maximum Gasteiger partial charge on any atom is 0.416 e. The fourth-order valence-corrected chi connectivity index (χ4v) is 3.66. The Balaban J connectivity index is 1.39. The molecule has 0 bridgehead atoms. The van der Waals surface area contributed by atoms with E-state index in [1.54, 1.807) is 35.2 Å². The van der Waals surface area contributed by atoms with Crippen LogP contribution in [0.2, 0.25) is 0 Å². The quantitative estimate of drug-likeness (QED) is 0.768. The zero-order valence-corrected chi connectivity index (χ0v) is 16.1. The molecule has 0 spiro atoms. The van der Waals surface area contributed by atoms with Gasteiger partial charge in [-0.05, 0) is 30.3 Å². The van der Waals surface area contributed by atoms with Crippen LogP contribution in [-0.2, 0) is 15.8 Å². The molecule has 6 nitrogen and oxygen atoms in total. The first-order chi connectivity index (χ1) is 14.3. The molecule has 9 heteroatoms. The molecule has 2 aliphatic heterocycles. The van der Waals surface area contributed by atoms with Crippen LogP contribution in [0, 0.1) is 0 Å². The van der Waals surface area contributed by atoms with Gasteiger partial charge in [-0.3, -0.25) is 14.5 Å². The lowest BCUT2D eigenvalue weighted by molar-refractivity contribution is -0.137. The molecular weight excluding hydrogens is 399 g/mol. The lowest BCUT2D eigenvalue weighted by Gasteiger charge is -2.37. The molecule has 0 saturated carbocycles. The number of carbonyl (C=O) groups is 2. The number of nitrogens with zero attached hydrogens (tertiary/aromatic N) is 3. The Morgan fingerprint density at radius 1 is 1.00 bits per heavy atom. The molecule has 0 radical (unpaired) electrons. The summed E-state index contributed by atoms with van der Waals surface area (Å²) in [6.07, 6.45) is -4.39. The van der Waals surface area contributed by atoms with Crippen molar-refractivity contribution in [1.29, 1.82) is 0 Å².